The van der Waals surface area contributed by atoms with Gasteiger partial charge < -0.3 is 11.1 Å². The van der Waals surface area contributed by atoms with E-state index < -0.39 is 0 Å². The molecule has 1 atom stereocenters. The van der Waals surface area contributed by atoms with Gasteiger partial charge in [-0.2, -0.15) is 0 Å². The van der Waals surface area contributed by atoms with E-state index in [4.69, 9.17) is 5.73 Å². The highest BCUT2D eigenvalue weighted by Crippen LogP contribution is 2.09. The van der Waals surface area contributed by atoms with Crippen molar-refractivity contribution in [1.29, 1.82) is 0 Å². The Morgan fingerprint density at radius 1 is 1.06 bits per heavy atom. The van der Waals surface area contributed by atoms with Crippen molar-refractivity contribution in [3.05, 3.63) is 0 Å². The van der Waals surface area contributed by atoms with Gasteiger partial charge >= 0.3 is 0 Å². The van der Waals surface area contributed by atoms with Gasteiger partial charge in [0.05, 0.1) is 0 Å². The van der Waals surface area contributed by atoms with Crippen LogP contribution in [0.4, 0.5) is 0 Å². The number of unbranched alkanes of at least 4 members (excludes halogenated alkanes) is 3. The monoisotopic (exact) mass is 256 g/mol. The first-order chi connectivity index (χ1) is 8.56. The molecule has 0 spiro atoms. The highest BCUT2D eigenvalue weighted by Gasteiger charge is 2.04. The molecule has 0 aliphatic carbocycles. The molecular formula is C15H32N2O. The van der Waals surface area contributed by atoms with Gasteiger partial charge in [-0.15, -0.1) is 0 Å². The van der Waals surface area contributed by atoms with Crippen molar-refractivity contribution in [2.24, 2.45) is 17.6 Å². The molecule has 18 heavy (non-hydrogen) atoms. The molecule has 0 aliphatic rings. The van der Waals surface area contributed by atoms with Crippen LogP contribution >= 0.6 is 0 Å². The van der Waals surface area contributed by atoms with Gasteiger partial charge in [-0.05, 0) is 31.2 Å². The van der Waals surface area contributed by atoms with Crippen LogP contribution in [0.5, 0.6) is 0 Å². The Kier molecular flexibility index (Phi) is 11.2. The van der Waals surface area contributed by atoms with Crippen LogP contribution in [-0.4, -0.2) is 19.0 Å². The Morgan fingerprint density at radius 3 is 2.33 bits per heavy atom. The Balaban J connectivity index is 3.25. The van der Waals surface area contributed by atoms with Crippen molar-refractivity contribution in [3.63, 3.8) is 0 Å². The van der Waals surface area contributed by atoms with E-state index in [2.05, 4.69) is 26.1 Å². The maximum atomic E-state index is 11.5. The molecule has 0 fully saturated rings. The summed E-state index contributed by atoms with van der Waals surface area (Å²) in [6.07, 6.45) is 7.78. The fraction of sp³-hybridized carbons (Fsp3) is 0.933. The van der Waals surface area contributed by atoms with Crippen molar-refractivity contribution in [2.75, 3.05) is 13.1 Å². The molecule has 1 unspecified atom stereocenters. The number of carbonyl (C=O) groups excluding carboxylic acids is 1. The minimum absolute atomic E-state index is 0.178. The molecular weight excluding hydrogens is 224 g/mol. The van der Waals surface area contributed by atoms with Gasteiger partial charge in [0.1, 0.15) is 0 Å². The first-order valence-corrected chi connectivity index (χ1v) is 7.53. The first-order valence-electron chi connectivity index (χ1n) is 7.53. The Hall–Kier alpha value is -0.570. The lowest BCUT2D eigenvalue weighted by Crippen LogP contribution is -2.25. The van der Waals surface area contributed by atoms with Crippen molar-refractivity contribution >= 4 is 5.91 Å². The summed E-state index contributed by atoms with van der Waals surface area (Å²) in [6.45, 7) is 8.12. The van der Waals surface area contributed by atoms with Crippen LogP contribution in [-0.2, 0) is 4.79 Å². The number of nitrogens with two attached hydrogens (primary N) is 1. The zero-order valence-electron chi connectivity index (χ0n) is 12.5. The van der Waals surface area contributed by atoms with Gasteiger partial charge in [-0.25, -0.2) is 0 Å². The molecule has 3 N–H and O–H groups in total. The minimum Gasteiger partial charge on any atom is -0.356 e. The molecule has 0 aromatic rings. The van der Waals surface area contributed by atoms with Gasteiger partial charge in [-0.1, -0.05) is 46.5 Å². The minimum atomic E-state index is 0.178. The molecule has 0 rings (SSSR count). The highest BCUT2D eigenvalue weighted by atomic mass is 16.1. The lowest BCUT2D eigenvalue weighted by molar-refractivity contribution is -0.121. The molecule has 0 aromatic carbocycles. The third kappa shape index (κ3) is 11.9. The maximum absolute atomic E-state index is 11.5. The number of nitrogens with one attached hydrogen (secondary N) is 1. The van der Waals surface area contributed by atoms with Gasteiger partial charge in [-0.3, -0.25) is 4.79 Å². The Labute approximate surface area is 113 Å². The van der Waals surface area contributed by atoms with Crippen LogP contribution in [0.3, 0.4) is 0 Å². The van der Waals surface area contributed by atoms with Gasteiger partial charge in [0, 0.05) is 13.0 Å². The largest absolute Gasteiger partial charge is 0.356 e. The number of hydrogen-bond donors (Lipinski definition) is 2. The van der Waals surface area contributed by atoms with E-state index in [1.807, 2.05) is 0 Å². The predicted octanol–water partition coefficient (Wildman–Crippen LogP) is 3.08. The number of hydrogen-bond acceptors (Lipinski definition) is 2. The van der Waals surface area contributed by atoms with Crippen molar-refractivity contribution < 1.29 is 4.79 Å². The van der Waals surface area contributed by atoms with Gasteiger partial charge in [0.15, 0.2) is 0 Å². The second-order valence-electron chi connectivity index (χ2n) is 5.83. The highest BCUT2D eigenvalue weighted by molar-refractivity contribution is 5.75. The Bertz CT molecular complexity index is 205. The van der Waals surface area contributed by atoms with Crippen LogP contribution in [0.1, 0.15) is 65.7 Å². The summed E-state index contributed by atoms with van der Waals surface area (Å²) in [5, 5.41) is 2.98. The second kappa shape index (κ2) is 11.5. The fourth-order valence-electron chi connectivity index (χ4n) is 1.84. The van der Waals surface area contributed by atoms with Crippen molar-refractivity contribution in [1.82, 2.24) is 5.32 Å². The summed E-state index contributed by atoms with van der Waals surface area (Å²) in [5.41, 5.74) is 5.52. The number of carbonyl (C=O) groups is 1. The summed E-state index contributed by atoms with van der Waals surface area (Å²) in [4.78, 5) is 11.5. The average molecular weight is 256 g/mol. The fourth-order valence-corrected chi connectivity index (χ4v) is 1.84. The van der Waals surface area contributed by atoms with E-state index in [0.717, 1.165) is 25.3 Å². The zero-order valence-corrected chi connectivity index (χ0v) is 12.5. The normalized spacial score (nSPS) is 12.7. The second-order valence-corrected chi connectivity index (χ2v) is 5.83. The topological polar surface area (TPSA) is 55.1 Å². The molecule has 0 heterocycles. The zero-order chi connectivity index (χ0) is 13.8. The first kappa shape index (κ1) is 17.4. The molecule has 0 aromatic heterocycles. The summed E-state index contributed by atoms with van der Waals surface area (Å²) in [5.74, 6) is 1.44. The summed E-state index contributed by atoms with van der Waals surface area (Å²) < 4.78 is 0. The van der Waals surface area contributed by atoms with Crippen LogP contribution in [0, 0.1) is 11.8 Å². The smallest absolute Gasteiger partial charge is 0.220 e. The molecule has 0 radical (unpaired) electrons. The molecule has 0 saturated carbocycles. The molecule has 0 aliphatic heterocycles. The lowest BCUT2D eigenvalue weighted by Gasteiger charge is -2.09. The number of rotatable bonds is 11. The van der Waals surface area contributed by atoms with Crippen LogP contribution in [0.25, 0.3) is 0 Å². The summed E-state index contributed by atoms with van der Waals surface area (Å²) >= 11 is 0. The third-order valence-electron chi connectivity index (χ3n) is 3.30. The van der Waals surface area contributed by atoms with E-state index in [-0.39, 0.29) is 5.91 Å². The van der Waals surface area contributed by atoms with Crippen LogP contribution < -0.4 is 11.1 Å². The van der Waals surface area contributed by atoms with Crippen molar-refractivity contribution in [3.8, 4) is 0 Å². The third-order valence-corrected chi connectivity index (χ3v) is 3.30. The van der Waals surface area contributed by atoms with Crippen LogP contribution in [0.15, 0.2) is 0 Å². The van der Waals surface area contributed by atoms with Gasteiger partial charge in [0.2, 0.25) is 5.91 Å². The van der Waals surface area contributed by atoms with E-state index in [0.29, 0.717) is 18.9 Å². The molecule has 0 saturated heterocycles. The summed E-state index contributed by atoms with van der Waals surface area (Å²) in [6, 6.07) is 0. The van der Waals surface area contributed by atoms with E-state index in [9.17, 15) is 4.79 Å². The molecule has 0 bridgehead atoms. The average Bonchev–Trinajstić information content (AvgIpc) is 2.34. The molecule has 1 amide bonds. The van der Waals surface area contributed by atoms with E-state index in [1.54, 1.807) is 0 Å². The van der Waals surface area contributed by atoms with Crippen molar-refractivity contribution in [2.45, 2.75) is 65.7 Å². The maximum Gasteiger partial charge on any atom is 0.220 e. The van der Waals surface area contributed by atoms with Gasteiger partial charge in [0.25, 0.3) is 0 Å². The molecule has 3 nitrogen and oxygen atoms in total. The quantitative estimate of drug-likeness (QED) is 0.558. The summed E-state index contributed by atoms with van der Waals surface area (Å²) in [7, 11) is 0. The van der Waals surface area contributed by atoms with Crippen LogP contribution in [0.2, 0.25) is 0 Å². The Morgan fingerprint density at radius 2 is 1.72 bits per heavy atom. The number of amides is 1. The lowest BCUT2D eigenvalue weighted by atomic mass is 10.0. The molecule has 108 valence electrons. The molecule has 3 heteroatoms. The van der Waals surface area contributed by atoms with E-state index >= 15 is 0 Å². The SMILES string of the molecule is CC(C)CCCCCCNC(=O)CCC(C)CN. The standard InChI is InChI=1S/C15H32N2O/c1-13(2)8-6-4-5-7-11-17-15(18)10-9-14(3)12-16/h13-14H,4-12,16H2,1-3H3,(H,17,18). The predicted molar refractivity (Wildman–Crippen MR) is 78.4 cm³/mol. The van der Waals surface area contributed by atoms with E-state index in [1.165, 1.54) is 25.7 Å².